The van der Waals surface area contributed by atoms with Crippen molar-refractivity contribution in [3.63, 3.8) is 0 Å². The lowest BCUT2D eigenvalue weighted by atomic mass is 9.70. The van der Waals surface area contributed by atoms with Crippen molar-refractivity contribution in [1.29, 1.82) is 0 Å². The van der Waals surface area contributed by atoms with E-state index in [4.69, 9.17) is 9.97 Å². The average molecular weight is 753 g/mol. The maximum Gasteiger partial charge on any atom is 0.0973 e. The Kier molecular flexibility index (Phi) is 7.14. The SMILES string of the molecule is CC1(C)c2cc3c4cc2-c2c(cccc21)-c1cccc(c1)-c1ccc(-c2nc(-c5ccccc5)c(-c5ccccc5)nc2-c2ccccc2)cc1C4(C)c1ccccc1-3. The van der Waals surface area contributed by atoms with Gasteiger partial charge in [0.25, 0.3) is 0 Å². The van der Waals surface area contributed by atoms with Crippen molar-refractivity contribution in [1.82, 2.24) is 9.97 Å². The highest BCUT2D eigenvalue weighted by Crippen LogP contribution is 2.60. The van der Waals surface area contributed by atoms with Gasteiger partial charge >= 0.3 is 0 Å². The van der Waals surface area contributed by atoms with E-state index in [0.717, 1.165) is 45.0 Å². The second-order valence-electron chi connectivity index (χ2n) is 17.0. The van der Waals surface area contributed by atoms with Gasteiger partial charge in [-0.3, -0.25) is 0 Å². The molecule has 12 rings (SSSR count). The minimum Gasteiger partial charge on any atom is -0.243 e. The van der Waals surface area contributed by atoms with E-state index in [1.807, 2.05) is 0 Å². The fourth-order valence-electron chi connectivity index (χ4n) is 10.5. The molecule has 3 aliphatic carbocycles. The van der Waals surface area contributed by atoms with Crippen LogP contribution >= 0.6 is 0 Å². The van der Waals surface area contributed by atoms with E-state index >= 15 is 0 Å². The van der Waals surface area contributed by atoms with Crippen LogP contribution in [0.3, 0.4) is 0 Å². The molecule has 0 radical (unpaired) electrons. The molecule has 9 aromatic rings. The topological polar surface area (TPSA) is 25.8 Å². The Morgan fingerprint density at radius 2 is 0.763 bits per heavy atom. The Morgan fingerprint density at radius 1 is 0.288 bits per heavy atom. The van der Waals surface area contributed by atoms with E-state index in [1.165, 1.54) is 72.3 Å². The van der Waals surface area contributed by atoms with Gasteiger partial charge in [-0.15, -0.1) is 0 Å². The Balaban J connectivity index is 1.19. The van der Waals surface area contributed by atoms with Crippen LogP contribution < -0.4 is 0 Å². The number of hydrogen-bond donors (Lipinski definition) is 0. The fourth-order valence-corrected chi connectivity index (χ4v) is 10.5. The van der Waals surface area contributed by atoms with Crippen LogP contribution in [0.15, 0.2) is 188 Å². The van der Waals surface area contributed by atoms with Crippen LogP contribution in [0.1, 0.15) is 48.6 Å². The first-order valence-corrected chi connectivity index (χ1v) is 20.7. The molecule has 4 bridgehead atoms. The Morgan fingerprint density at radius 3 is 1.41 bits per heavy atom. The highest BCUT2D eigenvalue weighted by Gasteiger charge is 2.46. The van der Waals surface area contributed by atoms with Crippen molar-refractivity contribution in [2.75, 3.05) is 0 Å². The molecule has 1 atom stereocenters. The quantitative estimate of drug-likeness (QED) is 0.179. The number of rotatable bonds is 4. The zero-order chi connectivity index (χ0) is 39.5. The average Bonchev–Trinajstić information content (AvgIpc) is 3.69. The summed E-state index contributed by atoms with van der Waals surface area (Å²) in [6.45, 7) is 7.25. The summed E-state index contributed by atoms with van der Waals surface area (Å²) in [5.41, 5.74) is 24.1. The van der Waals surface area contributed by atoms with Gasteiger partial charge in [0.15, 0.2) is 0 Å². The molecule has 59 heavy (non-hydrogen) atoms. The summed E-state index contributed by atoms with van der Waals surface area (Å²) in [6, 6.07) is 68.9. The van der Waals surface area contributed by atoms with Gasteiger partial charge in [-0.1, -0.05) is 178 Å². The van der Waals surface area contributed by atoms with E-state index in [1.54, 1.807) is 0 Å². The maximum absolute atomic E-state index is 5.68. The van der Waals surface area contributed by atoms with Crippen LogP contribution in [-0.2, 0) is 10.8 Å². The van der Waals surface area contributed by atoms with Crippen LogP contribution in [0.25, 0.3) is 89.5 Å². The number of aromatic nitrogens is 2. The minimum absolute atomic E-state index is 0.134. The molecule has 0 fully saturated rings. The van der Waals surface area contributed by atoms with Crippen molar-refractivity contribution in [3.8, 4) is 89.5 Å². The fraction of sp³-hybridized carbons (Fsp3) is 0.0877. The van der Waals surface area contributed by atoms with Gasteiger partial charge in [0.05, 0.1) is 22.8 Å². The van der Waals surface area contributed by atoms with E-state index in [2.05, 4.69) is 209 Å². The van der Waals surface area contributed by atoms with Crippen molar-refractivity contribution < 1.29 is 0 Å². The zero-order valence-electron chi connectivity index (χ0n) is 33.3. The van der Waals surface area contributed by atoms with Crippen LogP contribution in [0.4, 0.5) is 0 Å². The lowest BCUT2D eigenvalue weighted by Gasteiger charge is -2.32. The van der Waals surface area contributed by atoms with Gasteiger partial charge in [0.2, 0.25) is 0 Å². The third-order valence-electron chi connectivity index (χ3n) is 13.5. The third-order valence-corrected chi connectivity index (χ3v) is 13.5. The summed E-state index contributed by atoms with van der Waals surface area (Å²) in [6.07, 6.45) is 0. The van der Waals surface area contributed by atoms with Crippen molar-refractivity contribution in [2.45, 2.75) is 31.6 Å². The lowest BCUT2D eigenvalue weighted by Crippen LogP contribution is -2.24. The lowest BCUT2D eigenvalue weighted by molar-refractivity contribution is 0.659. The summed E-state index contributed by atoms with van der Waals surface area (Å²) >= 11 is 0. The molecule has 278 valence electrons. The zero-order valence-corrected chi connectivity index (χ0v) is 33.3. The third kappa shape index (κ3) is 4.81. The second-order valence-corrected chi connectivity index (χ2v) is 17.0. The Hall–Kier alpha value is -7.16. The second kappa shape index (κ2) is 12.4. The smallest absolute Gasteiger partial charge is 0.0973 e. The Bertz CT molecular complexity index is 3180. The summed E-state index contributed by atoms with van der Waals surface area (Å²) in [5.74, 6) is 0. The molecule has 0 N–H and O–H groups in total. The van der Waals surface area contributed by atoms with E-state index in [-0.39, 0.29) is 5.41 Å². The summed E-state index contributed by atoms with van der Waals surface area (Å²) in [5, 5.41) is 0. The largest absolute Gasteiger partial charge is 0.243 e. The van der Waals surface area contributed by atoms with Gasteiger partial charge in [-0.25, -0.2) is 9.97 Å². The first-order valence-electron chi connectivity index (χ1n) is 20.7. The van der Waals surface area contributed by atoms with Gasteiger partial charge in [0.1, 0.15) is 0 Å². The predicted molar refractivity (Wildman–Crippen MR) is 243 cm³/mol. The first kappa shape index (κ1) is 33.9. The standard InChI is InChI=1S/C57H40N2/c1-56(2)47-28-16-26-42-39-24-15-23-38(31-39)41-30-29-40(32-49(41)57(3)46-27-14-13-25-43(46)44-33-48(56)45(51(42)47)34-50(44)57)55-54(37-21-11-6-12-22-37)58-52(35-17-7-4-8-18-35)53(59-55)36-19-9-5-10-20-36/h4-34H,1-3H3. The maximum atomic E-state index is 5.68. The molecule has 0 saturated heterocycles. The van der Waals surface area contributed by atoms with E-state index in [0.29, 0.717) is 0 Å². The van der Waals surface area contributed by atoms with Gasteiger partial charge < -0.3 is 0 Å². The van der Waals surface area contributed by atoms with Gasteiger partial charge in [-0.05, 0) is 104 Å². The molecule has 1 aromatic heterocycles. The molecule has 0 saturated carbocycles. The van der Waals surface area contributed by atoms with Crippen LogP contribution in [0, 0.1) is 0 Å². The summed E-state index contributed by atoms with van der Waals surface area (Å²) in [4.78, 5) is 11.3. The van der Waals surface area contributed by atoms with E-state index in [9.17, 15) is 0 Å². The van der Waals surface area contributed by atoms with Crippen LogP contribution in [0.5, 0.6) is 0 Å². The van der Waals surface area contributed by atoms with Crippen molar-refractivity contribution >= 4 is 0 Å². The highest BCUT2D eigenvalue weighted by molar-refractivity contribution is 5.98. The number of fused-ring (bicyclic) bond motifs is 9. The molecule has 0 amide bonds. The normalized spacial score (nSPS) is 15.9. The summed E-state index contributed by atoms with van der Waals surface area (Å²) < 4.78 is 0. The molecule has 2 nitrogen and oxygen atoms in total. The number of hydrogen-bond acceptors (Lipinski definition) is 2. The molecule has 1 unspecified atom stereocenters. The van der Waals surface area contributed by atoms with Gasteiger partial charge in [0, 0.05) is 33.1 Å². The molecule has 1 heterocycles. The number of nitrogens with zero attached hydrogens (tertiary/aromatic N) is 2. The first-order chi connectivity index (χ1) is 28.9. The molecular weight excluding hydrogens is 713 g/mol. The van der Waals surface area contributed by atoms with Gasteiger partial charge in [-0.2, -0.15) is 0 Å². The highest BCUT2D eigenvalue weighted by atomic mass is 14.9. The molecular formula is C57H40N2. The summed E-state index contributed by atoms with van der Waals surface area (Å²) in [7, 11) is 0. The van der Waals surface area contributed by atoms with Crippen molar-refractivity contribution in [2.24, 2.45) is 0 Å². The molecule has 2 heteroatoms. The minimum atomic E-state index is -0.471. The van der Waals surface area contributed by atoms with E-state index < -0.39 is 5.41 Å². The van der Waals surface area contributed by atoms with Crippen LogP contribution in [-0.4, -0.2) is 9.97 Å². The monoisotopic (exact) mass is 752 g/mol. The van der Waals surface area contributed by atoms with Crippen LogP contribution in [0.2, 0.25) is 0 Å². The molecule has 0 aliphatic heterocycles. The number of benzene rings is 8. The molecule has 8 aromatic carbocycles. The molecule has 0 spiro atoms. The van der Waals surface area contributed by atoms with Crippen molar-refractivity contribution in [3.05, 3.63) is 216 Å². The Labute approximate surface area is 345 Å². The molecule has 3 aliphatic rings. The predicted octanol–water partition coefficient (Wildman–Crippen LogP) is 14.4.